The Labute approximate surface area is 112 Å². The van der Waals surface area contributed by atoms with Gasteiger partial charge in [0.15, 0.2) is 0 Å². The first kappa shape index (κ1) is 12.9. The number of hydrogen-bond donors (Lipinski definition) is 1. The summed E-state index contributed by atoms with van der Waals surface area (Å²) in [5.41, 5.74) is 1.22. The summed E-state index contributed by atoms with van der Waals surface area (Å²) in [7, 11) is 2.02. The molecule has 0 bridgehead atoms. The molecule has 0 radical (unpaired) electrons. The molecule has 0 aliphatic carbocycles. The van der Waals surface area contributed by atoms with Crippen molar-refractivity contribution in [2.75, 3.05) is 7.05 Å². The van der Waals surface area contributed by atoms with Gasteiger partial charge in [0.25, 0.3) is 0 Å². The molecular formula is C14H20BrNO. The molecule has 0 aromatic heterocycles. The van der Waals surface area contributed by atoms with Gasteiger partial charge in [-0.3, -0.25) is 0 Å². The fourth-order valence-electron chi connectivity index (χ4n) is 2.67. The lowest BCUT2D eigenvalue weighted by molar-refractivity contribution is 0.0401. The molecule has 2 unspecified atom stereocenters. The molecule has 1 aliphatic rings. The molecule has 94 valence electrons. The normalized spacial score (nSPS) is 27.4. The number of fused-ring (bicyclic) bond motifs is 1. The number of rotatable bonds is 3. The van der Waals surface area contributed by atoms with Gasteiger partial charge in [0.2, 0.25) is 0 Å². The third-order valence-electron chi connectivity index (χ3n) is 3.47. The molecule has 2 atom stereocenters. The lowest BCUT2D eigenvalue weighted by Crippen LogP contribution is -2.41. The van der Waals surface area contributed by atoms with E-state index in [0.717, 1.165) is 29.5 Å². The molecule has 0 spiro atoms. The lowest BCUT2D eigenvalue weighted by atomic mass is 9.85. The summed E-state index contributed by atoms with van der Waals surface area (Å²) in [5, 5.41) is 3.40. The molecule has 1 heterocycles. The molecule has 0 fully saturated rings. The Hall–Kier alpha value is -0.540. The van der Waals surface area contributed by atoms with Crippen molar-refractivity contribution in [2.24, 2.45) is 0 Å². The number of nitrogens with one attached hydrogen (secondary N) is 1. The van der Waals surface area contributed by atoms with Crippen LogP contribution in [-0.4, -0.2) is 12.6 Å². The summed E-state index contributed by atoms with van der Waals surface area (Å²) in [4.78, 5) is 0. The minimum absolute atomic E-state index is 0.0454. The minimum Gasteiger partial charge on any atom is -0.487 e. The van der Waals surface area contributed by atoms with Gasteiger partial charge in [-0.1, -0.05) is 35.3 Å². The van der Waals surface area contributed by atoms with Crippen LogP contribution in [0.1, 0.15) is 44.7 Å². The Morgan fingerprint density at radius 1 is 1.53 bits per heavy atom. The molecular weight excluding hydrogens is 278 g/mol. The Kier molecular flexibility index (Phi) is 3.79. The van der Waals surface area contributed by atoms with Crippen molar-refractivity contribution in [1.29, 1.82) is 0 Å². The van der Waals surface area contributed by atoms with E-state index >= 15 is 0 Å². The maximum Gasteiger partial charge on any atom is 0.126 e. The molecule has 2 nitrogen and oxygen atoms in total. The second-order valence-electron chi connectivity index (χ2n) is 5.03. The zero-order valence-electron chi connectivity index (χ0n) is 10.7. The van der Waals surface area contributed by atoms with Crippen LogP contribution in [0.5, 0.6) is 5.75 Å². The molecule has 2 rings (SSSR count). The SMILES string of the molecule is CCCC1(C)CC(NC)c2ccc(Br)cc2O1. The van der Waals surface area contributed by atoms with Crippen LogP contribution in [-0.2, 0) is 0 Å². The summed E-state index contributed by atoms with van der Waals surface area (Å²) < 4.78 is 7.28. The van der Waals surface area contributed by atoms with Crippen LogP contribution in [0.4, 0.5) is 0 Å². The van der Waals surface area contributed by atoms with Crippen LogP contribution in [0, 0.1) is 0 Å². The van der Waals surface area contributed by atoms with Gasteiger partial charge < -0.3 is 10.1 Å². The second-order valence-corrected chi connectivity index (χ2v) is 5.95. The second kappa shape index (κ2) is 4.99. The summed E-state index contributed by atoms with van der Waals surface area (Å²) in [6, 6.07) is 6.69. The Bertz CT molecular complexity index is 407. The fraction of sp³-hybridized carbons (Fsp3) is 0.571. The van der Waals surface area contributed by atoms with E-state index in [2.05, 4.69) is 53.3 Å². The van der Waals surface area contributed by atoms with Gasteiger partial charge in [-0.15, -0.1) is 0 Å². The summed E-state index contributed by atoms with van der Waals surface area (Å²) in [5.74, 6) is 1.01. The zero-order chi connectivity index (χ0) is 12.5. The first-order valence-electron chi connectivity index (χ1n) is 6.24. The van der Waals surface area contributed by atoms with Gasteiger partial charge in [-0.2, -0.15) is 0 Å². The quantitative estimate of drug-likeness (QED) is 0.909. The summed E-state index contributed by atoms with van der Waals surface area (Å²) in [6.45, 7) is 4.42. The molecule has 1 N–H and O–H groups in total. The van der Waals surface area contributed by atoms with Crippen LogP contribution in [0.2, 0.25) is 0 Å². The Balaban J connectivity index is 2.36. The Morgan fingerprint density at radius 3 is 2.94 bits per heavy atom. The molecule has 0 saturated carbocycles. The molecule has 1 aliphatic heterocycles. The Morgan fingerprint density at radius 2 is 2.29 bits per heavy atom. The van der Waals surface area contributed by atoms with E-state index in [1.54, 1.807) is 0 Å². The first-order chi connectivity index (χ1) is 8.08. The molecule has 1 aromatic rings. The summed E-state index contributed by atoms with van der Waals surface area (Å²) in [6.07, 6.45) is 3.28. The van der Waals surface area contributed by atoms with E-state index in [4.69, 9.17) is 4.74 Å². The average molecular weight is 298 g/mol. The van der Waals surface area contributed by atoms with Crippen LogP contribution >= 0.6 is 15.9 Å². The standard InChI is InChI=1S/C14H20BrNO/c1-4-7-14(2)9-12(16-3)11-6-5-10(15)8-13(11)17-14/h5-6,8,12,16H,4,7,9H2,1-3H3. The van der Waals surface area contributed by atoms with Crippen LogP contribution in [0.3, 0.4) is 0 Å². The van der Waals surface area contributed by atoms with E-state index in [1.807, 2.05) is 7.05 Å². The predicted octanol–water partition coefficient (Wildman–Crippen LogP) is 4.05. The van der Waals surface area contributed by atoms with Crippen molar-refractivity contribution in [3.05, 3.63) is 28.2 Å². The highest BCUT2D eigenvalue weighted by atomic mass is 79.9. The van der Waals surface area contributed by atoms with E-state index < -0.39 is 0 Å². The highest BCUT2D eigenvalue weighted by Gasteiger charge is 2.35. The van der Waals surface area contributed by atoms with Crippen molar-refractivity contribution >= 4 is 15.9 Å². The van der Waals surface area contributed by atoms with Gasteiger partial charge in [-0.05, 0) is 32.5 Å². The van der Waals surface area contributed by atoms with Gasteiger partial charge in [0.1, 0.15) is 11.4 Å². The van der Waals surface area contributed by atoms with Crippen molar-refractivity contribution in [3.63, 3.8) is 0 Å². The summed E-state index contributed by atoms with van der Waals surface area (Å²) >= 11 is 3.51. The van der Waals surface area contributed by atoms with Gasteiger partial charge >= 0.3 is 0 Å². The van der Waals surface area contributed by atoms with E-state index in [1.165, 1.54) is 5.56 Å². The van der Waals surface area contributed by atoms with E-state index in [-0.39, 0.29) is 5.60 Å². The maximum atomic E-state index is 6.20. The van der Waals surface area contributed by atoms with Crippen molar-refractivity contribution in [3.8, 4) is 5.75 Å². The van der Waals surface area contributed by atoms with E-state index in [0.29, 0.717) is 6.04 Å². The van der Waals surface area contributed by atoms with E-state index in [9.17, 15) is 0 Å². The lowest BCUT2D eigenvalue weighted by Gasteiger charge is -2.40. The molecule has 0 amide bonds. The van der Waals surface area contributed by atoms with Gasteiger partial charge in [0.05, 0.1) is 0 Å². The predicted molar refractivity (Wildman–Crippen MR) is 74.5 cm³/mol. The van der Waals surface area contributed by atoms with Crippen molar-refractivity contribution in [2.45, 2.75) is 44.8 Å². The molecule has 17 heavy (non-hydrogen) atoms. The largest absolute Gasteiger partial charge is 0.487 e. The number of halogens is 1. The number of ether oxygens (including phenoxy) is 1. The maximum absolute atomic E-state index is 6.20. The fourth-order valence-corrected chi connectivity index (χ4v) is 3.01. The topological polar surface area (TPSA) is 21.3 Å². The minimum atomic E-state index is -0.0454. The molecule has 1 aromatic carbocycles. The smallest absolute Gasteiger partial charge is 0.126 e. The van der Waals surface area contributed by atoms with Crippen molar-refractivity contribution in [1.82, 2.24) is 5.32 Å². The number of hydrogen-bond acceptors (Lipinski definition) is 2. The van der Waals surface area contributed by atoms with Crippen LogP contribution in [0.25, 0.3) is 0 Å². The molecule has 0 saturated heterocycles. The average Bonchev–Trinajstić information content (AvgIpc) is 2.27. The van der Waals surface area contributed by atoms with Gasteiger partial charge in [-0.25, -0.2) is 0 Å². The van der Waals surface area contributed by atoms with Crippen LogP contribution in [0.15, 0.2) is 22.7 Å². The number of benzene rings is 1. The highest BCUT2D eigenvalue weighted by Crippen LogP contribution is 2.42. The first-order valence-corrected chi connectivity index (χ1v) is 7.03. The van der Waals surface area contributed by atoms with Gasteiger partial charge in [0, 0.05) is 22.5 Å². The molecule has 3 heteroatoms. The third-order valence-corrected chi connectivity index (χ3v) is 3.96. The highest BCUT2D eigenvalue weighted by molar-refractivity contribution is 9.10. The third kappa shape index (κ3) is 2.66. The zero-order valence-corrected chi connectivity index (χ0v) is 12.3. The van der Waals surface area contributed by atoms with Crippen molar-refractivity contribution < 1.29 is 4.74 Å². The monoisotopic (exact) mass is 297 g/mol. The van der Waals surface area contributed by atoms with Crippen LogP contribution < -0.4 is 10.1 Å².